The Morgan fingerprint density at radius 3 is 2.57 bits per heavy atom. The van der Waals surface area contributed by atoms with E-state index in [9.17, 15) is 23.1 Å². The first-order valence-corrected chi connectivity index (χ1v) is 10.6. The number of fused-ring (bicyclic) bond motifs is 1. The Morgan fingerprint density at radius 1 is 1.11 bits per heavy atom. The molecule has 35 heavy (non-hydrogen) atoms. The Kier molecular flexibility index (Phi) is 6.54. The van der Waals surface area contributed by atoms with Gasteiger partial charge in [0.25, 0.3) is 0 Å². The van der Waals surface area contributed by atoms with E-state index in [0.29, 0.717) is 45.4 Å². The zero-order valence-corrected chi connectivity index (χ0v) is 18.8. The molecule has 0 aliphatic carbocycles. The molecule has 4 rings (SSSR count). The Bertz CT molecular complexity index is 1380. The van der Waals surface area contributed by atoms with Crippen LogP contribution in [0.1, 0.15) is 22.3 Å². The lowest BCUT2D eigenvalue weighted by molar-refractivity contribution is -0.255. The summed E-state index contributed by atoms with van der Waals surface area (Å²) in [6.07, 6.45) is -2.10. The summed E-state index contributed by atoms with van der Waals surface area (Å²) < 4.78 is 51.0. The maximum atomic E-state index is 12.7. The van der Waals surface area contributed by atoms with Crippen molar-refractivity contribution in [3.63, 3.8) is 0 Å². The van der Waals surface area contributed by atoms with E-state index < -0.39 is 18.6 Å². The molecule has 10 heteroatoms. The van der Waals surface area contributed by atoms with Gasteiger partial charge in [-0.05, 0) is 30.7 Å². The van der Waals surface area contributed by atoms with Gasteiger partial charge in [0.1, 0.15) is 17.2 Å². The number of imidazole rings is 1. The number of pyridine rings is 1. The monoisotopic (exact) mass is 484 g/mol. The molecular weight excluding hydrogens is 463 g/mol. The van der Waals surface area contributed by atoms with E-state index in [1.165, 1.54) is 13.2 Å². The Morgan fingerprint density at radius 2 is 1.89 bits per heavy atom. The molecule has 0 aliphatic rings. The van der Waals surface area contributed by atoms with E-state index in [1.807, 2.05) is 0 Å². The average molecular weight is 484 g/mol. The van der Waals surface area contributed by atoms with Crippen molar-refractivity contribution in [3.8, 4) is 28.5 Å². The molecule has 0 saturated carbocycles. The SMILES string of the molecule is COc1cccc(Oc2cc(NCCC(F)(F)F)c3ncc(-c4ccc(C(=O)[O-])c(C)c4)n3c2)c1. The molecule has 7 nitrogen and oxygen atoms in total. The zero-order valence-electron chi connectivity index (χ0n) is 18.8. The third-order valence-corrected chi connectivity index (χ3v) is 5.32. The maximum absolute atomic E-state index is 12.7. The van der Waals surface area contributed by atoms with Gasteiger partial charge in [-0.2, -0.15) is 13.2 Å². The first-order chi connectivity index (χ1) is 16.6. The number of carboxylic acid groups (broad SMARTS) is 1. The van der Waals surface area contributed by atoms with Crippen LogP contribution < -0.4 is 19.9 Å². The second-order valence-electron chi connectivity index (χ2n) is 7.82. The van der Waals surface area contributed by atoms with Gasteiger partial charge in [0.05, 0.1) is 43.3 Å². The summed E-state index contributed by atoms with van der Waals surface area (Å²) in [5.41, 5.74) is 2.58. The minimum atomic E-state index is -4.31. The number of methoxy groups -OCH3 is 1. The van der Waals surface area contributed by atoms with Gasteiger partial charge in [0, 0.05) is 29.8 Å². The number of aromatic nitrogens is 2. The van der Waals surface area contributed by atoms with Crippen LogP contribution in [0, 0.1) is 6.92 Å². The molecule has 0 spiro atoms. The molecule has 2 heterocycles. The van der Waals surface area contributed by atoms with Gasteiger partial charge in [0.2, 0.25) is 0 Å². The van der Waals surface area contributed by atoms with Gasteiger partial charge >= 0.3 is 6.18 Å². The summed E-state index contributed by atoms with van der Waals surface area (Å²) >= 11 is 0. The van der Waals surface area contributed by atoms with Crippen LogP contribution in [-0.2, 0) is 0 Å². The Hall–Kier alpha value is -4.21. The van der Waals surface area contributed by atoms with Gasteiger partial charge in [-0.1, -0.05) is 18.2 Å². The van der Waals surface area contributed by atoms with Gasteiger partial charge in [-0.3, -0.25) is 4.40 Å². The topological polar surface area (TPSA) is 87.9 Å². The molecule has 182 valence electrons. The van der Waals surface area contributed by atoms with Crippen LogP contribution in [0.3, 0.4) is 0 Å². The van der Waals surface area contributed by atoms with E-state index >= 15 is 0 Å². The standard InChI is InChI=1S/C25H22F3N3O4/c1-15-10-16(6-7-20(15)24(32)33)22-13-30-23-21(29-9-8-25(26,27)28)12-19(14-31(22)23)35-18-5-3-4-17(11-18)34-2/h3-7,10-14,29H,8-9H2,1-2H3,(H,32,33)/p-1. The molecule has 0 fully saturated rings. The van der Waals surface area contributed by atoms with Crippen molar-refractivity contribution >= 4 is 17.3 Å². The van der Waals surface area contributed by atoms with Crippen LogP contribution in [0.15, 0.2) is 60.9 Å². The van der Waals surface area contributed by atoms with Crippen molar-refractivity contribution in [2.45, 2.75) is 19.5 Å². The molecule has 0 saturated heterocycles. The fourth-order valence-corrected chi connectivity index (χ4v) is 3.65. The number of rotatable bonds is 8. The van der Waals surface area contributed by atoms with E-state index in [1.54, 1.807) is 66.2 Å². The highest BCUT2D eigenvalue weighted by molar-refractivity contribution is 5.88. The minimum absolute atomic E-state index is 0.0686. The van der Waals surface area contributed by atoms with Crippen molar-refractivity contribution in [1.82, 2.24) is 9.38 Å². The molecule has 4 aromatic rings. The van der Waals surface area contributed by atoms with Crippen LogP contribution in [-0.4, -0.2) is 35.2 Å². The summed E-state index contributed by atoms with van der Waals surface area (Å²) in [4.78, 5) is 15.7. The molecule has 2 aromatic carbocycles. The van der Waals surface area contributed by atoms with Crippen molar-refractivity contribution in [3.05, 3.63) is 72.1 Å². The Labute approximate surface area is 198 Å². The number of carboxylic acids is 1. The molecule has 2 aromatic heterocycles. The molecule has 0 aliphatic heterocycles. The van der Waals surface area contributed by atoms with E-state index in [4.69, 9.17) is 9.47 Å². The third kappa shape index (κ3) is 5.48. The highest BCUT2D eigenvalue weighted by atomic mass is 19.4. The van der Waals surface area contributed by atoms with Crippen molar-refractivity contribution in [1.29, 1.82) is 0 Å². The summed E-state index contributed by atoms with van der Waals surface area (Å²) in [6, 6.07) is 13.2. The molecule has 0 amide bonds. The van der Waals surface area contributed by atoms with Crippen LogP contribution in [0.4, 0.5) is 18.9 Å². The molecule has 1 N–H and O–H groups in total. The number of aromatic carboxylic acids is 1. The summed E-state index contributed by atoms with van der Waals surface area (Å²) in [5, 5.41) is 14.1. The van der Waals surface area contributed by atoms with Crippen LogP contribution in [0.5, 0.6) is 17.2 Å². The largest absolute Gasteiger partial charge is 0.545 e. The van der Waals surface area contributed by atoms with Crippen LogP contribution in [0.2, 0.25) is 0 Å². The number of alkyl halides is 3. The minimum Gasteiger partial charge on any atom is -0.545 e. The lowest BCUT2D eigenvalue weighted by atomic mass is 10.0. The normalized spacial score (nSPS) is 11.5. The predicted molar refractivity (Wildman–Crippen MR) is 122 cm³/mol. The molecule has 0 unspecified atom stereocenters. The van der Waals surface area contributed by atoms with Gasteiger partial charge in [0.15, 0.2) is 5.65 Å². The smallest absolute Gasteiger partial charge is 0.390 e. The van der Waals surface area contributed by atoms with Gasteiger partial charge in [-0.15, -0.1) is 0 Å². The quantitative estimate of drug-likeness (QED) is 0.385. The molecule has 0 radical (unpaired) electrons. The highest BCUT2D eigenvalue weighted by Crippen LogP contribution is 2.33. The fourth-order valence-electron chi connectivity index (χ4n) is 3.65. The molecule has 0 bridgehead atoms. The lowest BCUT2D eigenvalue weighted by Gasteiger charge is -2.14. The highest BCUT2D eigenvalue weighted by Gasteiger charge is 2.26. The van der Waals surface area contributed by atoms with Gasteiger partial charge in [-0.25, -0.2) is 4.98 Å². The lowest BCUT2D eigenvalue weighted by Crippen LogP contribution is -2.23. The van der Waals surface area contributed by atoms with Crippen LogP contribution >= 0.6 is 0 Å². The second-order valence-corrected chi connectivity index (χ2v) is 7.82. The second kappa shape index (κ2) is 9.57. The first kappa shape index (κ1) is 23.9. The number of nitrogens with zero attached hydrogens (tertiary/aromatic N) is 2. The molecule has 0 atom stereocenters. The number of ether oxygens (including phenoxy) is 2. The number of halogens is 3. The molecular formula is C25H21F3N3O4-. The first-order valence-electron chi connectivity index (χ1n) is 10.6. The number of aryl methyl sites for hydroxylation is 1. The van der Waals surface area contributed by atoms with Gasteiger partial charge < -0.3 is 24.7 Å². The van der Waals surface area contributed by atoms with E-state index in [0.717, 1.165) is 0 Å². The third-order valence-electron chi connectivity index (χ3n) is 5.32. The van der Waals surface area contributed by atoms with Crippen LogP contribution in [0.25, 0.3) is 16.9 Å². The summed E-state index contributed by atoms with van der Waals surface area (Å²) in [5.74, 6) is 0.125. The number of benzene rings is 2. The maximum Gasteiger partial charge on any atom is 0.390 e. The predicted octanol–water partition coefficient (Wildman–Crippen LogP) is 4.84. The average Bonchev–Trinajstić information content (AvgIpc) is 3.22. The number of nitrogens with one attached hydrogen (secondary N) is 1. The zero-order chi connectivity index (χ0) is 25.2. The number of carbonyl (C=O) groups excluding carboxylic acids is 1. The summed E-state index contributed by atoms with van der Waals surface area (Å²) in [6.45, 7) is 1.31. The van der Waals surface area contributed by atoms with Crippen molar-refractivity contribution in [2.24, 2.45) is 0 Å². The van der Waals surface area contributed by atoms with Crippen molar-refractivity contribution in [2.75, 3.05) is 19.0 Å². The number of hydrogen-bond donors (Lipinski definition) is 1. The Balaban J connectivity index is 1.77. The van der Waals surface area contributed by atoms with E-state index in [2.05, 4.69) is 10.3 Å². The number of anilines is 1. The fraction of sp³-hybridized carbons (Fsp3) is 0.200. The van der Waals surface area contributed by atoms with E-state index in [-0.39, 0.29) is 12.1 Å². The van der Waals surface area contributed by atoms with Crippen molar-refractivity contribution < 1.29 is 32.5 Å². The summed E-state index contributed by atoms with van der Waals surface area (Å²) in [7, 11) is 1.53. The number of hydrogen-bond acceptors (Lipinski definition) is 6. The number of carbonyl (C=O) groups is 1.